The van der Waals surface area contributed by atoms with E-state index < -0.39 is 0 Å². The molecule has 15 heavy (non-hydrogen) atoms. The van der Waals surface area contributed by atoms with Gasteiger partial charge in [0, 0.05) is 25.1 Å². The van der Waals surface area contributed by atoms with E-state index in [0.717, 1.165) is 5.56 Å². The summed E-state index contributed by atoms with van der Waals surface area (Å²) in [6.45, 7) is 0.671. The van der Waals surface area contributed by atoms with Gasteiger partial charge in [0.2, 0.25) is 0 Å². The van der Waals surface area contributed by atoms with Gasteiger partial charge in [0.1, 0.15) is 5.82 Å². The van der Waals surface area contributed by atoms with Gasteiger partial charge in [-0.15, -0.1) is 0 Å². The number of nitrogens with zero attached hydrogens (tertiary/aromatic N) is 2. The van der Waals surface area contributed by atoms with Crippen molar-refractivity contribution in [2.24, 2.45) is 0 Å². The van der Waals surface area contributed by atoms with E-state index in [0.29, 0.717) is 17.4 Å². The highest BCUT2D eigenvalue weighted by atomic mass is 35.5. The van der Waals surface area contributed by atoms with Gasteiger partial charge in [-0.05, 0) is 23.8 Å². The van der Waals surface area contributed by atoms with Crippen LogP contribution < -0.4 is 5.32 Å². The molecule has 0 aliphatic heterocycles. The molecule has 0 aromatic carbocycles. The molecule has 0 radical (unpaired) electrons. The summed E-state index contributed by atoms with van der Waals surface area (Å²) in [5.74, 6) is 0.697. The van der Waals surface area contributed by atoms with E-state index in [4.69, 9.17) is 11.6 Å². The lowest BCUT2D eigenvalue weighted by atomic mass is 10.3. The highest BCUT2D eigenvalue weighted by molar-refractivity contribution is 6.32. The summed E-state index contributed by atoms with van der Waals surface area (Å²) in [7, 11) is 0. The van der Waals surface area contributed by atoms with E-state index in [1.54, 1.807) is 24.5 Å². The number of halogens is 1. The number of hydrogen-bond donors (Lipinski definition) is 1. The molecule has 0 saturated heterocycles. The van der Waals surface area contributed by atoms with E-state index in [2.05, 4.69) is 15.3 Å². The second-order valence-electron chi connectivity index (χ2n) is 3.05. The molecule has 0 saturated carbocycles. The van der Waals surface area contributed by atoms with Crippen LogP contribution in [0.5, 0.6) is 0 Å². The Bertz CT molecular complexity index is 431. The smallest absolute Gasteiger partial charge is 0.145 e. The molecule has 3 nitrogen and oxygen atoms in total. The average Bonchev–Trinajstić information content (AvgIpc) is 2.29. The number of hydrogen-bond acceptors (Lipinski definition) is 3. The van der Waals surface area contributed by atoms with E-state index in [1.165, 1.54) is 0 Å². The van der Waals surface area contributed by atoms with Crippen molar-refractivity contribution in [2.75, 3.05) is 5.32 Å². The van der Waals surface area contributed by atoms with Gasteiger partial charge in [-0.2, -0.15) is 0 Å². The molecule has 4 heteroatoms. The standard InChI is InChI=1S/C11H10ClN3/c12-10-4-2-6-14-11(10)15-8-9-3-1-5-13-7-9/h1-7H,8H2,(H,14,15). The highest BCUT2D eigenvalue weighted by Gasteiger charge is 1.99. The minimum Gasteiger partial charge on any atom is -0.365 e. The Morgan fingerprint density at radius 3 is 2.80 bits per heavy atom. The predicted molar refractivity (Wildman–Crippen MR) is 60.8 cm³/mol. The molecule has 2 aromatic rings. The Hall–Kier alpha value is -1.61. The molecule has 0 spiro atoms. The first kappa shape index (κ1) is 9.93. The molecule has 0 unspecified atom stereocenters. The lowest BCUT2D eigenvalue weighted by molar-refractivity contribution is 1.09. The summed E-state index contributed by atoms with van der Waals surface area (Å²) in [4.78, 5) is 8.16. The van der Waals surface area contributed by atoms with Gasteiger partial charge in [-0.25, -0.2) is 4.98 Å². The maximum atomic E-state index is 5.95. The first-order chi connectivity index (χ1) is 7.36. The number of anilines is 1. The van der Waals surface area contributed by atoms with Crippen molar-refractivity contribution in [1.82, 2.24) is 9.97 Å². The zero-order chi connectivity index (χ0) is 10.5. The van der Waals surface area contributed by atoms with Crippen LogP contribution in [0.3, 0.4) is 0 Å². The molecular formula is C11H10ClN3. The van der Waals surface area contributed by atoms with Crippen LogP contribution in [0.1, 0.15) is 5.56 Å². The minimum atomic E-state index is 0.626. The topological polar surface area (TPSA) is 37.8 Å². The van der Waals surface area contributed by atoms with Crippen molar-refractivity contribution >= 4 is 17.4 Å². The fraction of sp³-hybridized carbons (Fsp3) is 0.0909. The second-order valence-corrected chi connectivity index (χ2v) is 3.46. The number of nitrogens with one attached hydrogen (secondary N) is 1. The van der Waals surface area contributed by atoms with Crippen molar-refractivity contribution in [2.45, 2.75) is 6.54 Å². The Balaban J connectivity index is 2.03. The van der Waals surface area contributed by atoms with Crippen molar-refractivity contribution < 1.29 is 0 Å². The molecule has 1 N–H and O–H groups in total. The summed E-state index contributed by atoms with van der Waals surface area (Å²) in [6, 6.07) is 7.51. The number of rotatable bonds is 3. The summed E-state index contributed by atoms with van der Waals surface area (Å²) in [5.41, 5.74) is 1.10. The summed E-state index contributed by atoms with van der Waals surface area (Å²) < 4.78 is 0. The van der Waals surface area contributed by atoms with E-state index in [-0.39, 0.29) is 0 Å². The lowest BCUT2D eigenvalue weighted by Crippen LogP contribution is -2.01. The molecule has 2 aromatic heterocycles. The molecule has 0 aliphatic carbocycles. The minimum absolute atomic E-state index is 0.626. The number of aromatic nitrogens is 2. The molecule has 0 fully saturated rings. The Morgan fingerprint density at radius 1 is 1.20 bits per heavy atom. The van der Waals surface area contributed by atoms with Crippen LogP contribution in [-0.4, -0.2) is 9.97 Å². The van der Waals surface area contributed by atoms with E-state index in [1.807, 2.05) is 18.3 Å². The maximum absolute atomic E-state index is 5.95. The molecular weight excluding hydrogens is 210 g/mol. The van der Waals surface area contributed by atoms with Crippen LogP contribution in [-0.2, 0) is 6.54 Å². The van der Waals surface area contributed by atoms with Gasteiger partial charge in [-0.1, -0.05) is 17.7 Å². The second kappa shape index (κ2) is 4.75. The van der Waals surface area contributed by atoms with Gasteiger partial charge in [0.25, 0.3) is 0 Å². The Kier molecular flexibility index (Phi) is 3.15. The van der Waals surface area contributed by atoms with Crippen molar-refractivity contribution in [3.8, 4) is 0 Å². The Labute approximate surface area is 93.1 Å². The zero-order valence-electron chi connectivity index (χ0n) is 8.02. The molecule has 2 heterocycles. The van der Waals surface area contributed by atoms with Crippen LogP contribution in [0.25, 0.3) is 0 Å². The monoisotopic (exact) mass is 219 g/mol. The van der Waals surface area contributed by atoms with Gasteiger partial charge in [0.15, 0.2) is 0 Å². The Morgan fingerprint density at radius 2 is 2.07 bits per heavy atom. The van der Waals surface area contributed by atoms with Gasteiger partial charge < -0.3 is 5.32 Å². The van der Waals surface area contributed by atoms with Crippen LogP contribution in [0, 0.1) is 0 Å². The molecule has 2 rings (SSSR count). The van der Waals surface area contributed by atoms with Crippen LogP contribution in [0.15, 0.2) is 42.9 Å². The van der Waals surface area contributed by atoms with E-state index in [9.17, 15) is 0 Å². The fourth-order valence-corrected chi connectivity index (χ4v) is 1.39. The first-order valence-corrected chi connectivity index (χ1v) is 4.97. The third-order valence-electron chi connectivity index (χ3n) is 1.94. The average molecular weight is 220 g/mol. The third kappa shape index (κ3) is 2.67. The van der Waals surface area contributed by atoms with Gasteiger partial charge >= 0.3 is 0 Å². The fourth-order valence-electron chi connectivity index (χ4n) is 1.20. The molecule has 76 valence electrons. The normalized spacial score (nSPS) is 9.93. The van der Waals surface area contributed by atoms with Gasteiger partial charge in [0.05, 0.1) is 5.02 Å². The van der Waals surface area contributed by atoms with Crippen LogP contribution in [0.2, 0.25) is 5.02 Å². The third-order valence-corrected chi connectivity index (χ3v) is 2.25. The molecule has 0 bridgehead atoms. The zero-order valence-corrected chi connectivity index (χ0v) is 8.78. The van der Waals surface area contributed by atoms with E-state index >= 15 is 0 Å². The molecule has 0 amide bonds. The first-order valence-electron chi connectivity index (χ1n) is 4.59. The van der Waals surface area contributed by atoms with Crippen molar-refractivity contribution in [3.63, 3.8) is 0 Å². The quantitative estimate of drug-likeness (QED) is 0.863. The SMILES string of the molecule is Clc1cccnc1NCc1cccnc1. The number of pyridine rings is 2. The predicted octanol–water partition coefficient (Wildman–Crippen LogP) is 2.74. The van der Waals surface area contributed by atoms with Crippen molar-refractivity contribution in [1.29, 1.82) is 0 Å². The summed E-state index contributed by atoms with van der Waals surface area (Å²) in [6.07, 6.45) is 5.26. The van der Waals surface area contributed by atoms with Crippen LogP contribution >= 0.6 is 11.6 Å². The molecule has 0 atom stereocenters. The van der Waals surface area contributed by atoms with Gasteiger partial charge in [-0.3, -0.25) is 4.98 Å². The van der Waals surface area contributed by atoms with Crippen molar-refractivity contribution in [3.05, 3.63) is 53.4 Å². The molecule has 0 aliphatic rings. The van der Waals surface area contributed by atoms with Crippen LogP contribution in [0.4, 0.5) is 5.82 Å². The highest BCUT2D eigenvalue weighted by Crippen LogP contribution is 2.17. The lowest BCUT2D eigenvalue weighted by Gasteiger charge is -2.06. The summed E-state index contributed by atoms with van der Waals surface area (Å²) in [5, 5.41) is 3.77. The largest absolute Gasteiger partial charge is 0.365 e. The summed E-state index contributed by atoms with van der Waals surface area (Å²) >= 11 is 5.95. The maximum Gasteiger partial charge on any atom is 0.145 e.